The van der Waals surface area contributed by atoms with Crippen LogP contribution in [0, 0.1) is 5.41 Å². The van der Waals surface area contributed by atoms with E-state index in [0.717, 1.165) is 31.5 Å². The van der Waals surface area contributed by atoms with Crippen LogP contribution in [0.2, 0.25) is 0 Å². The van der Waals surface area contributed by atoms with Crippen LogP contribution >= 0.6 is 0 Å². The third kappa shape index (κ3) is 2.44. The fourth-order valence-corrected chi connectivity index (χ4v) is 3.76. The third-order valence-electron chi connectivity index (χ3n) is 5.29. The fraction of sp³-hybridized carbons (Fsp3) is 0.750. The van der Waals surface area contributed by atoms with Crippen LogP contribution in [0.25, 0.3) is 0 Å². The summed E-state index contributed by atoms with van der Waals surface area (Å²) in [5.41, 5.74) is 0.415. The largest absolute Gasteiger partial charge is 0.392 e. The van der Waals surface area contributed by atoms with Gasteiger partial charge in [-0.1, -0.05) is 6.92 Å². The number of piperidine rings is 1. The average Bonchev–Trinajstić information content (AvgIpc) is 3.03. The van der Waals surface area contributed by atoms with Gasteiger partial charge in [0.1, 0.15) is 11.5 Å². The van der Waals surface area contributed by atoms with E-state index in [2.05, 4.69) is 9.97 Å². The molecule has 1 amide bonds. The second-order valence-corrected chi connectivity index (χ2v) is 6.32. The number of amides is 1. The van der Waals surface area contributed by atoms with Crippen molar-refractivity contribution >= 4 is 5.91 Å². The molecule has 6 heteroatoms. The Labute approximate surface area is 130 Å². The summed E-state index contributed by atoms with van der Waals surface area (Å²) in [5.74, 6) is 0.839. The van der Waals surface area contributed by atoms with E-state index >= 15 is 0 Å². The lowest BCUT2D eigenvalue weighted by atomic mass is 9.58. The van der Waals surface area contributed by atoms with Gasteiger partial charge in [0.05, 0.1) is 18.4 Å². The minimum absolute atomic E-state index is 0.00354. The molecule has 1 aliphatic heterocycles. The molecule has 1 saturated heterocycles. The molecule has 22 heavy (non-hydrogen) atoms. The van der Waals surface area contributed by atoms with Crippen LogP contribution in [0.5, 0.6) is 0 Å². The van der Waals surface area contributed by atoms with Crippen molar-refractivity contribution in [2.75, 3.05) is 19.7 Å². The molecule has 2 fully saturated rings. The summed E-state index contributed by atoms with van der Waals surface area (Å²) >= 11 is 0. The normalized spacial score (nSPS) is 27.0. The minimum Gasteiger partial charge on any atom is -0.392 e. The fourth-order valence-electron chi connectivity index (χ4n) is 3.76. The van der Waals surface area contributed by atoms with Gasteiger partial charge in [0.2, 0.25) is 0 Å². The summed E-state index contributed by atoms with van der Waals surface area (Å²) in [6.45, 7) is 6.00. The molecule has 1 aromatic heterocycles. The van der Waals surface area contributed by atoms with Gasteiger partial charge in [-0.2, -0.15) is 0 Å². The first-order valence-corrected chi connectivity index (χ1v) is 8.23. The number of H-pyrrole nitrogens is 1. The summed E-state index contributed by atoms with van der Waals surface area (Å²) in [7, 11) is 0. The highest BCUT2D eigenvalue weighted by Crippen LogP contribution is 2.51. The number of nitrogens with one attached hydrogen (secondary N) is 1. The van der Waals surface area contributed by atoms with Crippen LogP contribution in [0.4, 0.5) is 0 Å². The Bertz CT molecular complexity index is 532. The Morgan fingerprint density at radius 3 is 2.77 bits per heavy atom. The van der Waals surface area contributed by atoms with Crippen LogP contribution in [0.15, 0.2) is 6.20 Å². The number of likely N-dealkylation sites (tertiary alicyclic amines) is 1. The molecule has 2 heterocycles. The number of aliphatic hydroxyl groups is 1. The van der Waals surface area contributed by atoms with E-state index in [1.54, 1.807) is 6.20 Å². The zero-order valence-electron chi connectivity index (χ0n) is 13.3. The summed E-state index contributed by atoms with van der Waals surface area (Å²) in [5, 5.41) is 10.2. The van der Waals surface area contributed by atoms with Crippen LogP contribution < -0.4 is 0 Å². The lowest BCUT2D eigenvalue weighted by molar-refractivity contribution is -0.207. The maximum Gasteiger partial charge on any atom is 0.271 e. The molecule has 122 valence electrons. The third-order valence-corrected chi connectivity index (χ3v) is 5.29. The minimum atomic E-state index is -0.292. The van der Waals surface area contributed by atoms with E-state index in [1.807, 2.05) is 18.7 Å². The lowest BCUT2D eigenvalue weighted by Crippen LogP contribution is -2.62. The molecule has 0 radical (unpaired) electrons. The molecule has 2 atom stereocenters. The predicted octanol–water partition coefficient (Wildman–Crippen LogP) is 1.36. The van der Waals surface area contributed by atoms with Crippen molar-refractivity contribution in [3.8, 4) is 0 Å². The molecular formula is C16H25N3O3. The Morgan fingerprint density at radius 1 is 1.50 bits per heavy atom. The number of aryl methyl sites for hydroxylation is 1. The van der Waals surface area contributed by atoms with Gasteiger partial charge in [-0.3, -0.25) is 4.79 Å². The van der Waals surface area contributed by atoms with Gasteiger partial charge in [-0.15, -0.1) is 0 Å². The summed E-state index contributed by atoms with van der Waals surface area (Å²) in [4.78, 5) is 21.6. The molecule has 2 aliphatic rings. The molecule has 0 aromatic carbocycles. The Kier molecular flexibility index (Phi) is 4.23. The molecule has 1 aromatic rings. The summed E-state index contributed by atoms with van der Waals surface area (Å²) in [6, 6.07) is 0. The van der Waals surface area contributed by atoms with Gasteiger partial charge in [0.25, 0.3) is 5.91 Å². The number of rotatable bonds is 4. The van der Waals surface area contributed by atoms with Crippen LogP contribution in [0.1, 0.15) is 49.4 Å². The van der Waals surface area contributed by atoms with Crippen molar-refractivity contribution in [2.45, 2.75) is 51.7 Å². The van der Waals surface area contributed by atoms with Crippen LogP contribution in [-0.4, -0.2) is 57.8 Å². The highest BCUT2D eigenvalue weighted by molar-refractivity contribution is 5.92. The number of aliphatic hydroxyl groups excluding tert-OH is 1. The average molecular weight is 307 g/mol. The molecule has 2 N–H and O–H groups in total. The van der Waals surface area contributed by atoms with E-state index in [9.17, 15) is 9.90 Å². The second-order valence-electron chi connectivity index (χ2n) is 6.32. The van der Waals surface area contributed by atoms with Crippen LogP contribution in [-0.2, 0) is 11.2 Å². The number of hydrogen-bond donors (Lipinski definition) is 2. The number of nitrogens with zero attached hydrogens (tertiary/aromatic N) is 2. The number of aromatic nitrogens is 2. The summed E-state index contributed by atoms with van der Waals surface area (Å²) < 4.78 is 5.76. The number of carbonyl (C=O) groups is 1. The number of carbonyl (C=O) groups excluding carboxylic acids is 1. The Morgan fingerprint density at radius 2 is 2.23 bits per heavy atom. The SMILES string of the molecule is CCOC1CC(O)C12CCN(C(=O)c1cnc(CC)[nH]1)CC2. The monoisotopic (exact) mass is 307 g/mol. The van der Waals surface area contributed by atoms with Gasteiger partial charge in [-0.05, 0) is 19.8 Å². The quantitative estimate of drug-likeness (QED) is 0.880. The lowest BCUT2D eigenvalue weighted by Gasteiger charge is -2.56. The number of aromatic amines is 1. The van der Waals surface area contributed by atoms with Gasteiger partial charge >= 0.3 is 0 Å². The van der Waals surface area contributed by atoms with Crippen molar-refractivity contribution in [1.29, 1.82) is 0 Å². The predicted molar refractivity (Wildman–Crippen MR) is 81.6 cm³/mol. The summed E-state index contributed by atoms with van der Waals surface area (Å²) in [6.07, 6.45) is 4.59. The van der Waals surface area contributed by atoms with Crippen molar-refractivity contribution in [1.82, 2.24) is 14.9 Å². The molecule has 3 rings (SSSR count). The van der Waals surface area contributed by atoms with Gasteiger partial charge in [0.15, 0.2) is 0 Å². The highest BCUT2D eigenvalue weighted by atomic mass is 16.5. The zero-order chi connectivity index (χ0) is 15.7. The van der Waals surface area contributed by atoms with Crippen molar-refractivity contribution in [3.63, 3.8) is 0 Å². The molecule has 1 saturated carbocycles. The Hall–Kier alpha value is -1.40. The smallest absolute Gasteiger partial charge is 0.271 e. The van der Waals surface area contributed by atoms with Gasteiger partial charge in [0, 0.05) is 38.0 Å². The molecule has 6 nitrogen and oxygen atoms in total. The number of hydrogen-bond acceptors (Lipinski definition) is 4. The second kappa shape index (κ2) is 6.01. The number of imidazole rings is 1. The van der Waals surface area contributed by atoms with Crippen LogP contribution in [0.3, 0.4) is 0 Å². The molecule has 0 bridgehead atoms. The highest BCUT2D eigenvalue weighted by Gasteiger charge is 2.56. The van der Waals surface area contributed by atoms with E-state index in [1.165, 1.54) is 0 Å². The van der Waals surface area contributed by atoms with Gasteiger partial charge < -0.3 is 19.7 Å². The van der Waals surface area contributed by atoms with E-state index in [-0.39, 0.29) is 23.5 Å². The molecule has 1 aliphatic carbocycles. The first-order chi connectivity index (χ1) is 10.6. The van der Waals surface area contributed by atoms with E-state index < -0.39 is 0 Å². The van der Waals surface area contributed by atoms with Crippen molar-refractivity contribution in [3.05, 3.63) is 17.7 Å². The first-order valence-electron chi connectivity index (χ1n) is 8.23. The van der Waals surface area contributed by atoms with Crippen molar-refractivity contribution < 1.29 is 14.6 Å². The Balaban J connectivity index is 1.62. The maximum atomic E-state index is 12.5. The van der Waals surface area contributed by atoms with E-state index in [4.69, 9.17) is 4.74 Å². The molecule has 2 unspecified atom stereocenters. The number of ether oxygens (including phenoxy) is 1. The van der Waals surface area contributed by atoms with Gasteiger partial charge in [-0.25, -0.2) is 4.98 Å². The van der Waals surface area contributed by atoms with Crippen molar-refractivity contribution in [2.24, 2.45) is 5.41 Å². The molecular weight excluding hydrogens is 282 g/mol. The topological polar surface area (TPSA) is 78.5 Å². The maximum absolute atomic E-state index is 12.5. The first kappa shape index (κ1) is 15.5. The van der Waals surface area contributed by atoms with E-state index in [0.29, 0.717) is 25.4 Å². The standard InChI is InChI=1S/C16H25N3O3/c1-3-14-17-10-11(18-14)15(21)19-7-5-16(6-8-19)12(20)9-13(16)22-4-2/h10,12-13,20H,3-9H2,1-2H3,(H,17,18). The zero-order valence-corrected chi connectivity index (χ0v) is 13.3. The molecule has 1 spiro atoms.